The summed E-state index contributed by atoms with van der Waals surface area (Å²) in [6.07, 6.45) is 27.9. The molecule has 8 aliphatic carbocycles. The smallest absolute Gasteiger partial charge is 0.0189 e. The number of nitrogens with one attached hydrogen (secondary N) is 1. The summed E-state index contributed by atoms with van der Waals surface area (Å²) in [6.45, 7) is 3.71. The van der Waals surface area contributed by atoms with Gasteiger partial charge in [0.15, 0.2) is 0 Å². The standard InChI is InChI=1S/C29H49N/c1-2-3-4-21(5-7-28-15-22-9-23(16-28)11-24(10-22)17-28)6-8-30-29-18-25-12-26(19-29)14-27(13-25)20-29/h21-27,30H,2-20H2,1H3. The second-order valence-corrected chi connectivity index (χ2v) is 13.9. The van der Waals surface area contributed by atoms with Gasteiger partial charge in [0, 0.05) is 5.54 Å². The third-order valence-corrected chi connectivity index (χ3v) is 11.3. The van der Waals surface area contributed by atoms with E-state index < -0.39 is 0 Å². The molecule has 8 fully saturated rings. The van der Waals surface area contributed by atoms with E-state index in [1.165, 1.54) is 51.5 Å². The van der Waals surface area contributed by atoms with E-state index in [0.717, 1.165) is 46.8 Å². The summed E-state index contributed by atoms with van der Waals surface area (Å²) in [5, 5.41) is 4.23. The summed E-state index contributed by atoms with van der Waals surface area (Å²) in [7, 11) is 0. The van der Waals surface area contributed by atoms with Gasteiger partial charge in [0.2, 0.25) is 0 Å². The van der Waals surface area contributed by atoms with Gasteiger partial charge in [-0.05, 0) is 150 Å². The molecule has 0 aromatic carbocycles. The molecule has 8 aliphatic rings. The zero-order valence-corrected chi connectivity index (χ0v) is 20.0. The Kier molecular flexibility index (Phi) is 5.53. The zero-order valence-electron chi connectivity index (χ0n) is 20.0. The van der Waals surface area contributed by atoms with Crippen LogP contribution in [0, 0.1) is 46.8 Å². The number of hydrogen-bond acceptors (Lipinski definition) is 1. The Hall–Kier alpha value is -0.0400. The molecule has 8 bridgehead atoms. The molecule has 0 aromatic heterocycles. The normalized spacial score (nSPS) is 49.1. The van der Waals surface area contributed by atoms with Gasteiger partial charge in [-0.2, -0.15) is 0 Å². The predicted molar refractivity (Wildman–Crippen MR) is 126 cm³/mol. The minimum atomic E-state index is 0.573. The lowest BCUT2D eigenvalue weighted by Crippen LogP contribution is -2.58. The van der Waals surface area contributed by atoms with E-state index in [2.05, 4.69) is 12.2 Å². The van der Waals surface area contributed by atoms with Gasteiger partial charge in [0.25, 0.3) is 0 Å². The minimum Gasteiger partial charge on any atom is -0.311 e. The predicted octanol–water partition coefficient (Wildman–Crippen LogP) is 7.74. The molecule has 0 radical (unpaired) electrons. The fourth-order valence-corrected chi connectivity index (χ4v) is 10.9. The fraction of sp³-hybridized carbons (Fsp3) is 1.00. The van der Waals surface area contributed by atoms with Crippen molar-refractivity contribution in [2.45, 2.75) is 128 Å². The highest BCUT2D eigenvalue weighted by atomic mass is 15.0. The highest BCUT2D eigenvalue weighted by Gasteiger charge is 2.51. The van der Waals surface area contributed by atoms with Crippen LogP contribution in [0.5, 0.6) is 0 Å². The Morgan fingerprint density at radius 2 is 1.17 bits per heavy atom. The number of hydrogen-bond donors (Lipinski definition) is 1. The second kappa shape index (κ2) is 8.07. The maximum absolute atomic E-state index is 4.23. The first kappa shape index (κ1) is 20.6. The summed E-state index contributed by atoms with van der Waals surface area (Å²) in [6, 6.07) is 0. The average molecular weight is 412 g/mol. The van der Waals surface area contributed by atoms with Crippen LogP contribution in [-0.2, 0) is 0 Å². The minimum absolute atomic E-state index is 0.573. The van der Waals surface area contributed by atoms with Gasteiger partial charge in [-0.3, -0.25) is 0 Å². The molecule has 0 amide bonds. The Labute approximate surface area is 186 Å². The summed E-state index contributed by atoms with van der Waals surface area (Å²) in [4.78, 5) is 0. The third kappa shape index (κ3) is 4.04. The van der Waals surface area contributed by atoms with Crippen LogP contribution in [0.4, 0.5) is 0 Å². The van der Waals surface area contributed by atoms with Gasteiger partial charge in [-0.15, -0.1) is 0 Å². The SMILES string of the molecule is CCCCC(CCNC12CC3CC(CC(C3)C1)C2)CCC12CC3CC(CC(C3)C1)C2. The van der Waals surface area contributed by atoms with Crippen LogP contribution in [-0.4, -0.2) is 12.1 Å². The third-order valence-electron chi connectivity index (χ3n) is 11.3. The molecule has 0 saturated heterocycles. The molecule has 170 valence electrons. The Morgan fingerprint density at radius 1 is 0.667 bits per heavy atom. The van der Waals surface area contributed by atoms with E-state index in [0.29, 0.717) is 5.54 Å². The quantitative estimate of drug-likeness (QED) is 0.387. The molecule has 1 N–H and O–H groups in total. The summed E-state index contributed by atoms with van der Waals surface area (Å²) >= 11 is 0. The second-order valence-electron chi connectivity index (χ2n) is 13.9. The van der Waals surface area contributed by atoms with Gasteiger partial charge < -0.3 is 5.32 Å². The average Bonchev–Trinajstić information content (AvgIpc) is 2.67. The van der Waals surface area contributed by atoms with Crippen molar-refractivity contribution in [2.75, 3.05) is 6.54 Å². The summed E-state index contributed by atoms with van der Waals surface area (Å²) < 4.78 is 0. The van der Waals surface area contributed by atoms with Gasteiger partial charge >= 0.3 is 0 Å². The first-order valence-electron chi connectivity index (χ1n) is 14.4. The molecule has 1 unspecified atom stereocenters. The molecule has 8 rings (SSSR count). The molecular weight excluding hydrogens is 362 g/mol. The Balaban J connectivity index is 1.03. The van der Waals surface area contributed by atoms with Crippen molar-refractivity contribution in [1.29, 1.82) is 0 Å². The summed E-state index contributed by atoms with van der Waals surface area (Å²) in [5.74, 6) is 7.62. The van der Waals surface area contributed by atoms with Crippen LogP contribution in [0.1, 0.15) is 122 Å². The van der Waals surface area contributed by atoms with E-state index >= 15 is 0 Å². The van der Waals surface area contributed by atoms with Gasteiger partial charge in [-0.25, -0.2) is 0 Å². The monoisotopic (exact) mass is 411 g/mol. The highest BCUT2D eigenvalue weighted by molar-refractivity contribution is 5.06. The lowest BCUT2D eigenvalue weighted by atomic mass is 9.48. The van der Waals surface area contributed by atoms with Crippen molar-refractivity contribution in [3.8, 4) is 0 Å². The van der Waals surface area contributed by atoms with Crippen LogP contribution in [0.3, 0.4) is 0 Å². The molecule has 30 heavy (non-hydrogen) atoms. The first-order valence-corrected chi connectivity index (χ1v) is 14.4. The topological polar surface area (TPSA) is 12.0 Å². The van der Waals surface area contributed by atoms with Crippen LogP contribution in [0.15, 0.2) is 0 Å². The van der Waals surface area contributed by atoms with Crippen molar-refractivity contribution >= 4 is 0 Å². The number of unbranched alkanes of at least 4 members (excludes halogenated alkanes) is 1. The van der Waals surface area contributed by atoms with Crippen LogP contribution >= 0.6 is 0 Å². The van der Waals surface area contributed by atoms with E-state index in [-0.39, 0.29) is 0 Å². The van der Waals surface area contributed by atoms with E-state index in [1.54, 1.807) is 70.6 Å². The molecule has 0 aliphatic heterocycles. The van der Waals surface area contributed by atoms with E-state index in [9.17, 15) is 0 Å². The maximum atomic E-state index is 4.23. The maximum Gasteiger partial charge on any atom is 0.0189 e. The molecule has 8 saturated carbocycles. The Bertz CT molecular complexity index is 535. The van der Waals surface area contributed by atoms with Gasteiger partial charge in [-0.1, -0.05) is 26.2 Å². The van der Waals surface area contributed by atoms with Gasteiger partial charge in [0.05, 0.1) is 0 Å². The summed E-state index contributed by atoms with van der Waals surface area (Å²) in [5.41, 5.74) is 1.37. The lowest BCUT2D eigenvalue weighted by molar-refractivity contribution is -0.0604. The molecular formula is C29H49N. The van der Waals surface area contributed by atoms with Crippen LogP contribution in [0.25, 0.3) is 0 Å². The van der Waals surface area contributed by atoms with E-state index in [1.807, 2.05) is 0 Å². The van der Waals surface area contributed by atoms with Crippen LogP contribution in [0.2, 0.25) is 0 Å². The zero-order chi connectivity index (χ0) is 20.2. The van der Waals surface area contributed by atoms with Crippen molar-refractivity contribution in [3.05, 3.63) is 0 Å². The lowest BCUT2D eigenvalue weighted by Gasteiger charge is -2.57. The molecule has 0 aromatic rings. The molecule has 1 atom stereocenters. The van der Waals surface area contributed by atoms with E-state index in [4.69, 9.17) is 0 Å². The molecule has 0 heterocycles. The molecule has 0 spiro atoms. The largest absolute Gasteiger partial charge is 0.311 e. The van der Waals surface area contributed by atoms with Crippen molar-refractivity contribution < 1.29 is 0 Å². The fourth-order valence-electron chi connectivity index (χ4n) is 10.9. The van der Waals surface area contributed by atoms with Gasteiger partial charge in [0.1, 0.15) is 0 Å². The Morgan fingerprint density at radius 3 is 1.67 bits per heavy atom. The van der Waals surface area contributed by atoms with Crippen LogP contribution < -0.4 is 5.32 Å². The number of rotatable bonds is 10. The van der Waals surface area contributed by atoms with Crippen molar-refractivity contribution in [2.24, 2.45) is 46.8 Å². The molecule has 1 nitrogen and oxygen atoms in total. The molecule has 1 heteroatoms. The van der Waals surface area contributed by atoms with Crippen molar-refractivity contribution in [3.63, 3.8) is 0 Å². The van der Waals surface area contributed by atoms with Crippen molar-refractivity contribution in [1.82, 2.24) is 5.32 Å². The first-order chi connectivity index (χ1) is 14.6. The highest BCUT2D eigenvalue weighted by Crippen LogP contribution is 2.62.